The van der Waals surface area contributed by atoms with Crippen LogP contribution in [0.1, 0.15) is 6.92 Å². The zero-order valence-corrected chi connectivity index (χ0v) is 37.2. The Kier molecular flexibility index (Phi) is 19.5. The Morgan fingerprint density at radius 1 is 0.329 bits per heavy atom. The van der Waals surface area contributed by atoms with Gasteiger partial charge in [-0.15, -0.1) is 0 Å². The third kappa shape index (κ3) is 11.7. The van der Waals surface area contributed by atoms with Crippen molar-refractivity contribution in [1.82, 2.24) is 0 Å². The second-order valence-electron chi connectivity index (χ2n) is 18.1. The highest BCUT2D eigenvalue weighted by atomic mass is 16.8. The molecule has 31 heteroatoms. The summed E-state index contributed by atoms with van der Waals surface area (Å²) < 4.78 is 73.7. The molecule has 7 aliphatic rings. The van der Waals surface area contributed by atoms with Crippen molar-refractivity contribution in [3.8, 4) is 0 Å². The molecule has 0 aromatic heterocycles. The van der Waals surface area contributed by atoms with E-state index in [-0.39, 0.29) is 0 Å². The van der Waals surface area contributed by atoms with E-state index in [4.69, 9.17) is 61.6 Å². The van der Waals surface area contributed by atoms with Crippen molar-refractivity contribution >= 4 is 0 Å². The van der Waals surface area contributed by atoms with Crippen molar-refractivity contribution in [2.75, 3.05) is 46.2 Å². The second-order valence-corrected chi connectivity index (χ2v) is 18.1. The highest BCUT2D eigenvalue weighted by molar-refractivity contribution is 4.98. The van der Waals surface area contributed by atoms with Gasteiger partial charge in [-0.25, -0.2) is 0 Å². The molecule has 0 amide bonds. The SMILES string of the molecule is CC1OC(CO)C(OC2OC(COC3OCC(O)C(O)C3OC3OC(CO)C(O)C3O)C(OC3OC(COC4OCC(O)C(O)C4OC4OC(CO)C(O)C4O)C(O)C(O)C3O)C(O)C2O)C(O)C1O. The molecule has 18 N–H and O–H groups in total. The van der Waals surface area contributed by atoms with E-state index in [1.807, 2.05) is 0 Å². The van der Waals surface area contributed by atoms with Crippen molar-refractivity contribution in [3.05, 3.63) is 0 Å². The van der Waals surface area contributed by atoms with E-state index in [0.717, 1.165) is 0 Å². The number of rotatable bonds is 17. The average Bonchev–Trinajstić information content (AvgIpc) is 3.78. The highest BCUT2D eigenvalue weighted by Gasteiger charge is 2.56. The first kappa shape index (κ1) is 56.5. The smallest absolute Gasteiger partial charge is 0.187 e. The fourth-order valence-corrected chi connectivity index (χ4v) is 8.99. The van der Waals surface area contributed by atoms with Crippen LogP contribution in [0.25, 0.3) is 0 Å². The van der Waals surface area contributed by atoms with Crippen LogP contribution in [0.2, 0.25) is 0 Å². The summed E-state index contributed by atoms with van der Waals surface area (Å²) in [6, 6.07) is 0. The third-order valence-corrected chi connectivity index (χ3v) is 13.3. The summed E-state index contributed by atoms with van der Waals surface area (Å²) in [5.41, 5.74) is 0. The first-order valence-electron chi connectivity index (χ1n) is 22.6. The molecule has 0 aromatic carbocycles. The van der Waals surface area contributed by atoms with Gasteiger partial charge in [-0.05, 0) is 6.92 Å². The van der Waals surface area contributed by atoms with Gasteiger partial charge in [0.15, 0.2) is 37.7 Å². The fourth-order valence-electron chi connectivity index (χ4n) is 8.99. The predicted octanol–water partition coefficient (Wildman–Crippen LogP) is -12.6. The van der Waals surface area contributed by atoms with Gasteiger partial charge in [0.1, 0.15) is 146 Å². The minimum absolute atomic E-state index is 0.534. The van der Waals surface area contributed by atoms with Crippen molar-refractivity contribution in [3.63, 3.8) is 0 Å². The molecule has 31 unspecified atom stereocenters. The first-order chi connectivity index (χ1) is 33.2. The standard InChI is InChI=1S/C39H66O31/c1-9-17(45)24(52)30(14(4-42)62-9)67-37-29(57)25(53)31(16(66-37)8-61-39-33(19(47)11(44)6-59-39)70-35-27(55)21(49)13(3-41)64-35)68-36-28(56)23(51)22(50)15(65-36)7-60-38-32(18(46)10(43)5-58-38)69-34-26(54)20(48)12(2-40)63-34/h9-57H,2-8H2,1H3. The molecular weight excluding hydrogens is 964 g/mol. The fraction of sp³-hybridized carbons (Fsp3) is 1.00. The van der Waals surface area contributed by atoms with Gasteiger partial charge in [0.2, 0.25) is 0 Å². The molecule has 0 saturated carbocycles. The quantitative estimate of drug-likeness (QED) is 0.0643. The summed E-state index contributed by atoms with van der Waals surface area (Å²) in [5.74, 6) is 0. The van der Waals surface area contributed by atoms with Crippen LogP contribution < -0.4 is 0 Å². The lowest BCUT2D eigenvalue weighted by molar-refractivity contribution is -0.381. The van der Waals surface area contributed by atoms with Crippen LogP contribution in [-0.2, 0) is 61.6 Å². The van der Waals surface area contributed by atoms with E-state index < -0.39 is 237 Å². The van der Waals surface area contributed by atoms with Gasteiger partial charge in [-0.3, -0.25) is 0 Å². The monoisotopic (exact) mass is 1030 g/mol. The van der Waals surface area contributed by atoms with Gasteiger partial charge in [-0.2, -0.15) is 0 Å². The van der Waals surface area contributed by atoms with Crippen molar-refractivity contribution < 1.29 is 153 Å². The lowest BCUT2D eigenvalue weighted by Crippen LogP contribution is -2.67. The zero-order valence-electron chi connectivity index (χ0n) is 37.2. The topological polar surface area (TPSA) is 484 Å². The summed E-state index contributed by atoms with van der Waals surface area (Å²) >= 11 is 0. The van der Waals surface area contributed by atoms with Crippen molar-refractivity contribution in [2.24, 2.45) is 0 Å². The van der Waals surface area contributed by atoms with E-state index in [1.54, 1.807) is 0 Å². The van der Waals surface area contributed by atoms with Gasteiger partial charge >= 0.3 is 0 Å². The van der Waals surface area contributed by atoms with Crippen LogP contribution in [0.5, 0.6) is 0 Å². The summed E-state index contributed by atoms with van der Waals surface area (Å²) in [6.07, 6.45) is -53.4. The molecular formula is C39H66O31. The van der Waals surface area contributed by atoms with Crippen molar-refractivity contribution in [2.45, 2.75) is 197 Å². The van der Waals surface area contributed by atoms with Crippen LogP contribution in [0.3, 0.4) is 0 Å². The van der Waals surface area contributed by atoms with E-state index in [1.165, 1.54) is 6.92 Å². The number of aliphatic hydroxyl groups is 18. The molecule has 31 nitrogen and oxygen atoms in total. The Labute approximate surface area is 396 Å². The second kappa shape index (κ2) is 24.2. The van der Waals surface area contributed by atoms with Gasteiger partial charge in [0.25, 0.3) is 0 Å². The molecule has 7 aliphatic heterocycles. The summed E-state index contributed by atoms with van der Waals surface area (Å²) in [4.78, 5) is 0. The maximum atomic E-state index is 11.7. The largest absolute Gasteiger partial charge is 0.394 e. The molecule has 7 rings (SSSR count). The van der Waals surface area contributed by atoms with Gasteiger partial charge < -0.3 is 153 Å². The Balaban J connectivity index is 1.09. The molecule has 7 fully saturated rings. The number of hydrogen-bond acceptors (Lipinski definition) is 31. The van der Waals surface area contributed by atoms with Crippen LogP contribution >= 0.6 is 0 Å². The summed E-state index contributed by atoms with van der Waals surface area (Å²) in [7, 11) is 0. The highest BCUT2D eigenvalue weighted by Crippen LogP contribution is 2.35. The first-order valence-corrected chi connectivity index (χ1v) is 22.6. The average molecular weight is 1030 g/mol. The summed E-state index contributed by atoms with van der Waals surface area (Å²) in [5, 5.41) is 191. The maximum absolute atomic E-state index is 11.7. The number of hydrogen-bond donors (Lipinski definition) is 18. The Bertz CT molecular complexity index is 1610. The molecule has 7 saturated heterocycles. The molecule has 0 aromatic rings. The van der Waals surface area contributed by atoms with Crippen LogP contribution in [0.15, 0.2) is 0 Å². The molecule has 408 valence electrons. The third-order valence-electron chi connectivity index (χ3n) is 13.3. The van der Waals surface area contributed by atoms with Crippen LogP contribution in [0.4, 0.5) is 0 Å². The van der Waals surface area contributed by atoms with E-state index in [9.17, 15) is 91.9 Å². The van der Waals surface area contributed by atoms with Crippen LogP contribution in [-0.4, -0.2) is 329 Å². The Morgan fingerprint density at radius 3 is 1.11 bits per heavy atom. The minimum atomic E-state index is -2.16. The Morgan fingerprint density at radius 2 is 0.671 bits per heavy atom. The summed E-state index contributed by atoms with van der Waals surface area (Å²) in [6.45, 7) is -3.55. The van der Waals surface area contributed by atoms with Crippen LogP contribution in [0, 0.1) is 0 Å². The predicted molar refractivity (Wildman–Crippen MR) is 211 cm³/mol. The zero-order chi connectivity index (χ0) is 51.0. The van der Waals surface area contributed by atoms with Gasteiger partial charge in [-0.1, -0.05) is 0 Å². The van der Waals surface area contributed by atoms with E-state index >= 15 is 0 Å². The van der Waals surface area contributed by atoms with Gasteiger partial charge in [0, 0.05) is 0 Å². The molecule has 31 atom stereocenters. The molecule has 0 radical (unpaired) electrons. The normalized spacial score (nSPS) is 53.6. The van der Waals surface area contributed by atoms with Gasteiger partial charge in [0.05, 0.1) is 52.4 Å². The maximum Gasteiger partial charge on any atom is 0.187 e. The molecule has 70 heavy (non-hydrogen) atoms. The Hall–Kier alpha value is -1.24. The van der Waals surface area contributed by atoms with E-state index in [2.05, 4.69) is 0 Å². The lowest BCUT2D eigenvalue weighted by atomic mass is 9.94. The molecule has 0 aliphatic carbocycles. The number of ether oxygens (including phenoxy) is 13. The van der Waals surface area contributed by atoms with E-state index in [0.29, 0.717) is 0 Å². The molecule has 0 bridgehead atoms. The molecule has 0 spiro atoms. The lowest BCUT2D eigenvalue weighted by Gasteiger charge is -2.48. The minimum Gasteiger partial charge on any atom is -0.394 e. The van der Waals surface area contributed by atoms with Crippen molar-refractivity contribution in [1.29, 1.82) is 0 Å². The number of aliphatic hydroxyl groups excluding tert-OH is 18. The molecule has 7 heterocycles.